The number of carboxylic acid groups (broad SMARTS) is 1. The molecule has 1 aliphatic carbocycles. The van der Waals surface area contributed by atoms with Crippen molar-refractivity contribution in [3.8, 4) is 0 Å². The lowest BCUT2D eigenvalue weighted by Crippen LogP contribution is -2.29. The summed E-state index contributed by atoms with van der Waals surface area (Å²) >= 11 is 0. The van der Waals surface area contributed by atoms with Crippen LogP contribution in [0.3, 0.4) is 0 Å². The molecule has 1 fully saturated rings. The van der Waals surface area contributed by atoms with Crippen LogP contribution in [0.4, 0.5) is 13.2 Å². The van der Waals surface area contributed by atoms with Crippen LogP contribution >= 0.6 is 0 Å². The van der Waals surface area contributed by atoms with Gasteiger partial charge in [-0.1, -0.05) is 0 Å². The van der Waals surface area contributed by atoms with E-state index in [1.165, 1.54) is 0 Å². The van der Waals surface area contributed by atoms with Crippen molar-refractivity contribution in [1.82, 2.24) is 0 Å². The second kappa shape index (κ2) is 4.19. The third-order valence-electron chi connectivity index (χ3n) is 2.49. The number of carboxylic acids is 1. The van der Waals surface area contributed by atoms with E-state index >= 15 is 0 Å². The van der Waals surface area contributed by atoms with Gasteiger partial charge in [-0.3, -0.25) is 9.59 Å². The summed E-state index contributed by atoms with van der Waals surface area (Å²) in [4.78, 5) is 21.4. The Morgan fingerprint density at radius 2 is 1.94 bits per heavy atom. The first-order valence-electron chi connectivity index (χ1n) is 4.58. The minimum Gasteiger partial charge on any atom is -0.481 e. The normalized spacial score (nSPS) is 23.7. The van der Waals surface area contributed by atoms with Gasteiger partial charge in [0.1, 0.15) is 5.57 Å². The summed E-state index contributed by atoms with van der Waals surface area (Å²) in [5.74, 6) is -4.37. The quantitative estimate of drug-likeness (QED) is 0.632. The number of amides is 1. The van der Waals surface area contributed by atoms with Gasteiger partial charge in [0.05, 0.1) is 5.92 Å². The summed E-state index contributed by atoms with van der Waals surface area (Å²) < 4.78 is 37.6. The molecule has 0 aromatic rings. The van der Waals surface area contributed by atoms with Crippen molar-refractivity contribution >= 4 is 17.6 Å². The number of allylic oxidation sites excluding steroid dienone is 1. The Morgan fingerprint density at radius 3 is 2.24 bits per heavy atom. The lowest BCUT2D eigenvalue weighted by Gasteiger charge is -2.12. The molecule has 0 saturated heterocycles. The zero-order chi connectivity index (χ0) is 13.4. The van der Waals surface area contributed by atoms with Crippen molar-refractivity contribution in [2.75, 3.05) is 0 Å². The van der Waals surface area contributed by atoms with E-state index in [0.717, 1.165) is 0 Å². The molecule has 1 saturated carbocycles. The van der Waals surface area contributed by atoms with Gasteiger partial charge in [0.2, 0.25) is 0 Å². The molecule has 8 heteroatoms. The number of primary amides is 1. The second-order valence-corrected chi connectivity index (χ2v) is 3.56. The minimum atomic E-state index is -4.97. The Labute approximate surface area is 93.6 Å². The molecule has 5 nitrogen and oxygen atoms in total. The molecule has 1 rings (SSSR count). The van der Waals surface area contributed by atoms with Crippen molar-refractivity contribution in [2.45, 2.75) is 19.0 Å². The minimum absolute atomic E-state index is 0.129. The Morgan fingerprint density at radius 1 is 1.41 bits per heavy atom. The molecule has 1 aliphatic rings. The number of hydrogen-bond donors (Lipinski definition) is 3. The van der Waals surface area contributed by atoms with Gasteiger partial charge in [0.15, 0.2) is 0 Å². The smallest absolute Gasteiger partial charge is 0.422 e. The lowest BCUT2D eigenvalue weighted by molar-refractivity contribution is -0.139. The van der Waals surface area contributed by atoms with Crippen LogP contribution in [0.15, 0.2) is 11.1 Å². The van der Waals surface area contributed by atoms with Crippen LogP contribution in [0.5, 0.6) is 0 Å². The van der Waals surface area contributed by atoms with Gasteiger partial charge in [-0.05, 0) is 18.4 Å². The summed E-state index contributed by atoms with van der Waals surface area (Å²) in [5.41, 5.74) is 1.70. The molecule has 1 unspecified atom stereocenters. The van der Waals surface area contributed by atoms with Crippen molar-refractivity contribution in [1.29, 1.82) is 5.41 Å². The summed E-state index contributed by atoms with van der Waals surface area (Å²) in [6.07, 6.45) is -5.38. The Balaban J connectivity index is 3.26. The summed E-state index contributed by atoms with van der Waals surface area (Å²) in [6, 6.07) is 0. The predicted octanol–water partition coefficient (Wildman–Crippen LogP) is 0.845. The van der Waals surface area contributed by atoms with E-state index in [0.29, 0.717) is 0 Å². The van der Waals surface area contributed by atoms with E-state index < -0.39 is 40.8 Å². The van der Waals surface area contributed by atoms with Crippen molar-refractivity contribution in [2.24, 2.45) is 11.7 Å². The molecule has 4 N–H and O–H groups in total. The van der Waals surface area contributed by atoms with Gasteiger partial charge in [-0.2, -0.15) is 13.2 Å². The molecule has 0 aliphatic heterocycles. The van der Waals surface area contributed by atoms with Gasteiger partial charge in [-0.15, -0.1) is 0 Å². The lowest BCUT2D eigenvalue weighted by atomic mass is 10.0. The van der Waals surface area contributed by atoms with Gasteiger partial charge in [0, 0.05) is 5.71 Å². The molecule has 1 amide bonds. The third-order valence-corrected chi connectivity index (χ3v) is 2.49. The Hall–Kier alpha value is -1.86. The average molecular weight is 250 g/mol. The first-order chi connectivity index (χ1) is 7.66. The third kappa shape index (κ3) is 2.45. The summed E-state index contributed by atoms with van der Waals surface area (Å²) in [7, 11) is 0. The first-order valence-corrected chi connectivity index (χ1v) is 4.58. The fraction of sp³-hybridized carbons (Fsp3) is 0.444. The van der Waals surface area contributed by atoms with Gasteiger partial charge >= 0.3 is 12.1 Å². The van der Waals surface area contributed by atoms with Crippen LogP contribution in [-0.4, -0.2) is 28.9 Å². The zero-order valence-corrected chi connectivity index (χ0v) is 8.47. The number of alkyl halides is 3. The second-order valence-electron chi connectivity index (χ2n) is 3.56. The van der Waals surface area contributed by atoms with Crippen LogP contribution in [0.2, 0.25) is 0 Å². The fourth-order valence-corrected chi connectivity index (χ4v) is 1.74. The average Bonchev–Trinajstić information content (AvgIpc) is 2.45. The number of halogens is 3. The molecule has 94 valence electrons. The molecule has 0 bridgehead atoms. The highest BCUT2D eigenvalue weighted by atomic mass is 19.4. The van der Waals surface area contributed by atoms with E-state index in [1.807, 2.05) is 0 Å². The molecule has 0 radical (unpaired) electrons. The molecule has 17 heavy (non-hydrogen) atoms. The standard InChI is InChI=1S/C9H9F3N2O3/c10-9(11,12)5(7(14)15)3-1-2-4(6(3)13)8(16)17/h4,13H,1-2H2,(H2,14,15)(H,16,17)/b5-3+,13-6?. The molecule has 0 aromatic carbocycles. The molecular formula is C9H9F3N2O3. The predicted molar refractivity (Wildman–Crippen MR) is 50.4 cm³/mol. The van der Waals surface area contributed by atoms with E-state index in [2.05, 4.69) is 5.73 Å². The highest BCUT2D eigenvalue weighted by molar-refractivity contribution is 6.15. The number of carbonyl (C=O) groups excluding carboxylic acids is 1. The highest BCUT2D eigenvalue weighted by Crippen LogP contribution is 2.36. The van der Waals surface area contributed by atoms with Crippen LogP contribution in [0, 0.1) is 11.3 Å². The van der Waals surface area contributed by atoms with Gasteiger partial charge in [0.25, 0.3) is 5.91 Å². The van der Waals surface area contributed by atoms with Gasteiger partial charge < -0.3 is 16.2 Å². The number of aliphatic carboxylic acids is 1. The van der Waals surface area contributed by atoms with E-state index in [4.69, 9.17) is 10.5 Å². The van der Waals surface area contributed by atoms with Gasteiger partial charge in [-0.25, -0.2) is 0 Å². The number of carbonyl (C=O) groups is 2. The first kappa shape index (κ1) is 13.2. The number of rotatable bonds is 2. The van der Waals surface area contributed by atoms with E-state index in [9.17, 15) is 22.8 Å². The molecule has 0 aromatic heterocycles. The van der Waals surface area contributed by atoms with Crippen LogP contribution in [-0.2, 0) is 9.59 Å². The van der Waals surface area contributed by atoms with Crippen molar-refractivity contribution in [3.05, 3.63) is 11.1 Å². The number of nitrogens with one attached hydrogen (secondary N) is 1. The topological polar surface area (TPSA) is 104 Å². The maximum atomic E-state index is 12.5. The molecule has 0 heterocycles. The molecular weight excluding hydrogens is 241 g/mol. The Bertz CT molecular complexity index is 426. The maximum Gasteiger partial charge on any atom is 0.422 e. The summed E-state index contributed by atoms with van der Waals surface area (Å²) in [5, 5.41) is 16.0. The zero-order valence-electron chi connectivity index (χ0n) is 8.47. The molecule has 1 atom stereocenters. The van der Waals surface area contributed by atoms with Crippen LogP contribution in [0.1, 0.15) is 12.8 Å². The van der Waals surface area contributed by atoms with E-state index in [1.54, 1.807) is 0 Å². The van der Waals surface area contributed by atoms with Crippen molar-refractivity contribution < 1.29 is 27.9 Å². The van der Waals surface area contributed by atoms with Crippen molar-refractivity contribution in [3.63, 3.8) is 0 Å². The van der Waals surface area contributed by atoms with E-state index in [-0.39, 0.29) is 12.8 Å². The van der Waals surface area contributed by atoms with Crippen LogP contribution in [0.25, 0.3) is 0 Å². The summed E-state index contributed by atoms with van der Waals surface area (Å²) in [6.45, 7) is 0. The SMILES string of the molecule is N=C1/C(=C(\C(N)=O)C(F)(F)F)CCC1C(=O)O. The largest absolute Gasteiger partial charge is 0.481 e. The van der Waals surface area contributed by atoms with Crippen LogP contribution < -0.4 is 5.73 Å². The number of hydrogen-bond acceptors (Lipinski definition) is 3. The molecule has 0 spiro atoms. The highest BCUT2D eigenvalue weighted by Gasteiger charge is 2.44. The Kier molecular flexibility index (Phi) is 3.25. The monoisotopic (exact) mass is 250 g/mol. The maximum absolute atomic E-state index is 12.5. The number of nitrogens with two attached hydrogens (primary N) is 1. The fourth-order valence-electron chi connectivity index (χ4n) is 1.74.